The third kappa shape index (κ3) is 4.87. The monoisotopic (exact) mass is 299 g/mol. The number of halogens is 4. The van der Waals surface area contributed by atoms with Gasteiger partial charge in [0.25, 0.3) is 0 Å². The molecule has 8 heteroatoms. The second-order valence-corrected chi connectivity index (χ2v) is 4.21. The minimum Gasteiger partial charge on any atom is -0.404 e. The molecule has 0 heterocycles. The van der Waals surface area contributed by atoms with Crippen LogP contribution in [0.3, 0.4) is 0 Å². The quantitative estimate of drug-likeness (QED) is 0.776. The summed E-state index contributed by atoms with van der Waals surface area (Å²) in [4.78, 5) is 0. The van der Waals surface area contributed by atoms with E-state index >= 15 is 0 Å². The summed E-state index contributed by atoms with van der Waals surface area (Å²) in [6, 6.07) is 3.31. The summed E-state index contributed by atoms with van der Waals surface area (Å²) >= 11 is 5.63. The first-order valence-electron chi connectivity index (χ1n) is 5.30. The van der Waals surface area contributed by atoms with Crippen molar-refractivity contribution in [2.75, 3.05) is 13.6 Å². The lowest BCUT2D eigenvalue weighted by molar-refractivity contribution is -0.274. The number of alkyl halides is 3. The van der Waals surface area contributed by atoms with Gasteiger partial charge in [0, 0.05) is 6.54 Å². The van der Waals surface area contributed by atoms with E-state index in [0.29, 0.717) is 0 Å². The Labute approximate surface area is 112 Å². The molecule has 3 N–H and O–H groups in total. The molecule has 0 saturated carbocycles. The fourth-order valence-corrected chi connectivity index (χ4v) is 1.68. The Bertz CT molecular complexity index is 428. The average Bonchev–Trinajstić information content (AvgIpc) is 2.29. The maximum absolute atomic E-state index is 12.0. The zero-order valence-corrected chi connectivity index (χ0v) is 10.7. The van der Waals surface area contributed by atoms with Crippen molar-refractivity contribution in [3.8, 4) is 5.75 Å². The number of hydrogen-bond acceptors (Lipinski definition) is 4. The highest BCUT2D eigenvalue weighted by molar-refractivity contribution is 6.32. The summed E-state index contributed by atoms with van der Waals surface area (Å²) in [5.74, 6) is -0.562. The fraction of sp³-hybridized carbons (Fsp3) is 0.455. The summed E-state index contributed by atoms with van der Waals surface area (Å²) < 4.78 is 39.8. The molecule has 1 rings (SSSR count). The largest absolute Gasteiger partial charge is 0.573 e. The van der Waals surface area contributed by atoms with Crippen LogP contribution >= 0.6 is 11.6 Å². The molecule has 1 aromatic carbocycles. The number of nitrogens with one attached hydrogen (secondary N) is 1. The second kappa shape index (κ2) is 6.42. The van der Waals surface area contributed by atoms with E-state index in [9.17, 15) is 23.4 Å². The minimum atomic E-state index is -4.84. The number of benzene rings is 1. The maximum Gasteiger partial charge on any atom is 0.573 e. The Morgan fingerprint density at radius 2 is 2.00 bits per heavy atom. The Kier molecular flexibility index (Phi) is 5.42. The Morgan fingerprint density at radius 1 is 1.37 bits per heavy atom. The van der Waals surface area contributed by atoms with Gasteiger partial charge in [-0.25, -0.2) is 0 Å². The lowest BCUT2D eigenvalue weighted by atomic mass is 10.0. The number of rotatable bonds is 5. The van der Waals surface area contributed by atoms with Gasteiger partial charge in [0.1, 0.15) is 11.9 Å². The first-order valence-corrected chi connectivity index (χ1v) is 5.68. The van der Waals surface area contributed by atoms with E-state index < -0.39 is 24.3 Å². The summed E-state index contributed by atoms with van der Waals surface area (Å²) in [6.07, 6.45) is -7.20. The summed E-state index contributed by atoms with van der Waals surface area (Å²) in [6.45, 7) is 0.125. The number of hydrogen-bond donors (Lipinski definition) is 3. The number of aliphatic hydroxyl groups excluding tert-OH is 2. The predicted octanol–water partition coefficient (Wildman–Crippen LogP) is 1.85. The lowest BCUT2D eigenvalue weighted by Crippen LogP contribution is -2.29. The zero-order valence-electron chi connectivity index (χ0n) is 9.91. The van der Waals surface area contributed by atoms with Gasteiger partial charge in [-0.2, -0.15) is 0 Å². The van der Waals surface area contributed by atoms with Gasteiger partial charge in [0.2, 0.25) is 0 Å². The molecule has 0 aliphatic heterocycles. The van der Waals surface area contributed by atoms with Gasteiger partial charge < -0.3 is 20.3 Å². The van der Waals surface area contributed by atoms with Crippen LogP contribution in [-0.2, 0) is 0 Å². The molecule has 0 aromatic heterocycles. The van der Waals surface area contributed by atoms with Crippen LogP contribution in [0.25, 0.3) is 0 Å². The van der Waals surface area contributed by atoms with Crippen LogP contribution in [0.15, 0.2) is 18.2 Å². The lowest BCUT2D eigenvalue weighted by Gasteiger charge is -2.19. The van der Waals surface area contributed by atoms with E-state index in [1.165, 1.54) is 6.07 Å². The molecule has 0 saturated heterocycles. The third-order valence-corrected chi connectivity index (χ3v) is 2.60. The molecule has 0 aliphatic rings. The van der Waals surface area contributed by atoms with Gasteiger partial charge in [-0.05, 0) is 24.7 Å². The molecule has 0 bridgehead atoms. The molecule has 19 heavy (non-hydrogen) atoms. The normalized spacial score (nSPS) is 15.1. The van der Waals surface area contributed by atoms with Gasteiger partial charge in [-0.1, -0.05) is 17.7 Å². The van der Waals surface area contributed by atoms with Crippen molar-refractivity contribution in [3.05, 3.63) is 28.8 Å². The highest BCUT2D eigenvalue weighted by Crippen LogP contribution is 2.32. The molecular weight excluding hydrogens is 287 g/mol. The van der Waals surface area contributed by atoms with Crippen molar-refractivity contribution in [2.24, 2.45) is 0 Å². The van der Waals surface area contributed by atoms with E-state index in [1.54, 1.807) is 7.05 Å². The van der Waals surface area contributed by atoms with Crippen LogP contribution in [0.4, 0.5) is 13.2 Å². The molecule has 108 valence electrons. The molecular formula is C11H13ClF3NO3. The van der Waals surface area contributed by atoms with Crippen LogP contribution in [0, 0.1) is 0 Å². The smallest absolute Gasteiger partial charge is 0.404 e. The van der Waals surface area contributed by atoms with Crippen molar-refractivity contribution >= 4 is 11.6 Å². The average molecular weight is 300 g/mol. The van der Waals surface area contributed by atoms with Crippen LogP contribution in [0.5, 0.6) is 5.75 Å². The topological polar surface area (TPSA) is 61.7 Å². The van der Waals surface area contributed by atoms with E-state index in [2.05, 4.69) is 10.1 Å². The summed E-state index contributed by atoms with van der Waals surface area (Å²) in [5.41, 5.74) is 0.197. The Hall–Kier alpha value is -1.02. The van der Waals surface area contributed by atoms with Gasteiger partial charge in [-0.3, -0.25) is 0 Å². The molecule has 1 aromatic rings. The van der Waals surface area contributed by atoms with Gasteiger partial charge >= 0.3 is 6.36 Å². The minimum absolute atomic E-state index is 0.125. The van der Waals surface area contributed by atoms with E-state index in [0.717, 1.165) is 12.1 Å². The molecule has 0 amide bonds. The summed E-state index contributed by atoms with van der Waals surface area (Å²) in [5, 5.41) is 21.7. The van der Waals surface area contributed by atoms with Crippen molar-refractivity contribution in [2.45, 2.75) is 18.6 Å². The van der Waals surface area contributed by atoms with Crippen LogP contribution < -0.4 is 10.1 Å². The molecule has 0 fully saturated rings. The van der Waals surface area contributed by atoms with Crippen molar-refractivity contribution in [1.82, 2.24) is 5.32 Å². The van der Waals surface area contributed by atoms with Crippen LogP contribution in [0.2, 0.25) is 5.02 Å². The molecule has 0 radical (unpaired) electrons. The van der Waals surface area contributed by atoms with E-state index in [1.807, 2.05) is 0 Å². The predicted molar refractivity (Wildman–Crippen MR) is 63.0 cm³/mol. The number of ether oxygens (including phenoxy) is 1. The molecule has 2 atom stereocenters. The third-order valence-electron chi connectivity index (χ3n) is 2.30. The standard InChI is InChI=1S/C11H13ClF3NO3/c1-16-5-8(17)10(18)6-2-3-9(7(12)4-6)19-11(13,14)15/h2-4,8,10,16-18H,5H2,1H3. The zero-order chi connectivity index (χ0) is 14.6. The summed E-state index contributed by atoms with van der Waals surface area (Å²) in [7, 11) is 1.59. The molecule has 4 nitrogen and oxygen atoms in total. The maximum atomic E-state index is 12.0. The molecule has 0 aliphatic carbocycles. The molecule has 0 spiro atoms. The van der Waals surface area contributed by atoms with Gasteiger partial charge in [0.15, 0.2) is 0 Å². The van der Waals surface area contributed by atoms with Crippen molar-refractivity contribution in [1.29, 1.82) is 0 Å². The van der Waals surface area contributed by atoms with E-state index in [-0.39, 0.29) is 17.1 Å². The number of likely N-dealkylation sites (N-methyl/N-ethyl adjacent to an activating group) is 1. The number of aliphatic hydroxyl groups is 2. The fourth-order valence-electron chi connectivity index (χ4n) is 1.45. The van der Waals surface area contributed by atoms with Crippen molar-refractivity contribution in [3.63, 3.8) is 0 Å². The highest BCUT2D eigenvalue weighted by Gasteiger charge is 2.32. The van der Waals surface area contributed by atoms with Crippen molar-refractivity contribution < 1.29 is 28.1 Å². The van der Waals surface area contributed by atoms with Crippen LogP contribution in [-0.4, -0.2) is 36.3 Å². The second-order valence-electron chi connectivity index (χ2n) is 3.81. The van der Waals surface area contributed by atoms with E-state index in [4.69, 9.17) is 11.6 Å². The molecule has 2 unspecified atom stereocenters. The SMILES string of the molecule is CNCC(O)C(O)c1ccc(OC(F)(F)F)c(Cl)c1. The Morgan fingerprint density at radius 3 is 2.47 bits per heavy atom. The van der Waals surface area contributed by atoms with Crippen LogP contribution in [0.1, 0.15) is 11.7 Å². The van der Waals surface area contributed by atoms with Gasteiger partial charge in [0.05, 0.1) is 11.1 Å². The first kappa shape index (κ1) is 16.0. The Balaban J connectivity index is 2.87. The highest BCUT2D eigenvalue weighted by atomic mass is 35.5. The van der Waals surface area contributed by atoms with Gasteiger partial charge in [-0.15, -0.1) is 13.2 Å². The first-order chi connectivity index (χ1) is 8.74.